The molecule has 0 spiro atoms. The number of aromatic carboxylic acids is 1. The molecule has 3 saturated heterocycles. The van der Waals surface area contributed by atoms with E-state index in [9.17, 15) is 19.5 Å². The molecule has 2 aliphatic carbocycles. The summed E-state index contributed by atoms with van der Waals surface area (Å²) in [5.74, 6) is 2.12. The molecule has 2 N–H and O–H groups in total. The highest BCUT2D eigenvalue weighted by Crippen LogP contribution is 2.41. The Kier molecular flexibility index (Phi) is 11.1. The van der Waals surface area contributed by atoms with Gasteiger partial charge >= 0.3 is 5.97 Å². The Labute approximate surface area is 324 Å². The minimum Gasteiger partial charge on any atom is -0.478 e. The van der Waals surface area contributed by atoms with Crippen molar-refractivity contribution in [1.82, 2.24) is 19.4 Å². The molecule has 0 bridgehead atoms. The molecule has 0 radical (unpaired) electrons. The third kappa shape index (κ3) is 7.44. The molecule has 10 heteroatoms. The Bertz CT molecular complexity index is 2070. The van der Waals surface area contributed by atoms with Crippen molar-refractivity contribution in [3.05, 3.63) is 70.0 Å². The third-order valence-corrected chi connectivity index (χ3v) is 13.9. The van der Waals surface area contributed by atoms with Crippen LogP contribution in [0.25, 0.3) is 21.8 Å². The molecule has 4 aromatic rings. The van der Waals surface area contributed by atoms with Crippen LogP contribution in [0.2, 0.25) is 0 Å². The average Bonchev–Trinajstić information content (AvgIpc) is 3.91. The fraction of sp³-hybridized carbons (Fsp3) is 0.578. The zero-order chi connectivity index (χ0) is 38.2. The van der Waals surface area contributed by atoms with Gasteiger partial charge in [0.15, 0.2) is 0 Å². The maximum absolute atomic E-state index is 13.3. The Morgan fingerprint density at radius 1 is 0.709 bits per heavy atom. The summed E-state index contributed by atoms with van der Waals surface area (Å²) >= 11 is 0. The van der Waals surface area contributed by atoms with E-state index in [4.69, 9.17) is 9.47 Å². The molecule has 3 aliphatic heterocycles. The Balaban J connectivity index is 0.000000164. The number of nitrogens with one attached hydrogen (secondary N) is 1. The van der Waals surface area contributed by atoms with Crippen molar-refractivity contribution in [2.24, 2.45) is 43.7 Å². The maximum atomic E-state index is 13.3. The zero-order valence-corrected chi connectivity index (χ0v) is 32.9. The van der Waals surface area contributed by atoms with E-state index in [1.807, 2.05) is 30.0 Å². The lowest BCUT2D eigenvalue weighted by Crippen LogP contribution is -2.34. The molecule has 294 valence electrons. The number of benzene rings is 2. The molecule has 2 amide bonds. The standard InChI is InChI=1S/C26H35N3O3.C19H23NO3/c1-3-27-25(30)20-8-11-29(16-20)26(31)19-5-7-24-22(15-19)21-14-18(4-6-23(21)28(24)2)17-9-12-32-13-10-17;1-20-17-4-2-13(12-6-8-23-9-7-12)10-15(17)16-11-14(19(21)22)3-5-18(16)20/h5,7,15,17-18,20H,3-4,6,8-14,16H2,1-2H3,(H,27,30);3,5,11-13H,2,4,6-10H2,1H3,(H,21,22)/t18-,20+;13-/m11/s1. The summed E-state index contributed by atoms with van der Waals surface area (Å²) in [5, 5.41) is 14.6. The van der Waals surface area contributed by atoms with Crippen LogP contribution in [0.3, 0.4) is 0 Å². The molecule has 3 atom stereocenters. The molecule has 9 rings (SSSR count). The second kappa shape index (κ2) is 16.1. The largest absolute Gasteiger partial charge is 0.478 e. The highest BCUT2D eigenvalue weighted by Gasteiger charge is 2.34. The molecule has 0 unspecified atom stereocenters. The van der Waals surface area contributed by atoms with Crippen molar-refractivity contribution in [3.8, 4) is 0 Å². The number of hydrogen-bond acceptors (Lipinski definition) is 5. The number of rotatable bonds is 6. The van der Waals surface area contributed by atoms with Crippen molar-refractivity contribution < 1.29 is 29.0 Å². The van der Waals surface area contributed by atoms with Crippen molar-refractivity contribution in [3.63, 3.8) is 0 Å². The number of ether oxygens (including phenoxy) is 2. The number of aromatic nitrogens is 2. The Morgan fingerprint density at radius 3 is 1.73 bits per heavy atom. The van der Waals surface area contributed by atoms with Crippen LogP contribution in [0.1, 0.15) is 95.1 Å². The molecular weight excluding hydrogens is 693 g/mol. The van der Waals surface area contributed by atoms with Gasteiger partial charge in [-0.3, -0.25) is 9.59 Å². The van der Waals surface area contributed by atoms with Crippen LogP contribution in [-0.4, -0.2) is 83.0 Å². The van der Waals surface area contributed by atoms with Crippen LogP contribution in [-0.2, 0) is 54.0 Å². The van der Waals surface area contributed by atoms with Gasteiger partial charge in [-0.05, 0) is 149 Å². The number of amides is 2. The first kappa shape index (κ1) is 37.8. The van der Waals surface area contributed by atoms with Crippen LogP contribution in [0.15, 0.2) is 36.4 Å². The number of hydrogen-bond donors (Lipinski definition) is 2. The summed E-state index contributed by atoms with van der Waals surface area (Å²) in [7, 11) is 4.27. The van der Waals surface area contributed by atoms with Gasteiger partial charge in [0.2, 0.25) is 5.91 Å². The van der Waals surface area contributed by atoms with E-state index in [1.54, 1.807) is 6.07 Å². The van der Waals surface area contributed by atoms with Crippen LogP contribution in [0.5, 0.6) is 0 Å². The number of aryl methyl sites for hydroxylation is 2. The van der Waals surface area contributed by atoms with Gasteiger partial charge in [0.1, 0.15) is 0 Å². The monoisotopic (exact) mass is 750 g/mol. The molecule has 2 aromatic heterocycles. The van der Waals surface area contributed by atoms with E-state index < -0.39 is 5.97 Å². The number of likely N-dealkylation sites (tertiary alicyclic amines) is 1. The summed E-state index contributed by atoms with van der Waals surface area (Å²) in [6, 6.07) is 11.7. The summed E-state index contributed by atoms with van der Waals surface area (Å²) < 4.78 is 15.7. The van der Waals surface area contributed by atoms with Crippen molar-refractivity contribution in [2.45, 2.75) is 77.6 Å². The number of carboxylic acid groups (broad SMARTS) is 1. The Hall–Kier alpha value is -4.15. The lowest BCUT2D eigenvalue weighted by atomic mass is 9.75. The van der Waals surface area contributed by atoms with Gasteiger partial charge in [-0.25, -0.2) is 4.79 Å². The highest BCUT2D eigenvalue weighted by atomic mass is 16.5. The normalized spacial score (nSPS) is 23.3. The molecule has 55 heavy (non-hydrogen) atoms. The van der Waals surface area contributed by atoms with Gasteiger partial charge in [-0.2, -0.15) is 0 Å². The molecule has 10 nitrogen and oxygen atoms in total. The van der Waals surface area contributed by atoms with Gasteiger partial charge in [-0.15, -0.1) is 0 Å². The first-order valence-corrected chi connectivity index (χ1v) is 20.9. The summed E-state index contributed by atoms with van der Waals surface area (Å²) in [4.78, 5) is 38.6. The lowest BCUT2D eigenvalue weighted by molar-refractivity contribution is -0.124. The maximum Gasteiger partial charge on any atom is 0.335 e. The molecule has 0 saturated carbocycles. The number of carboxylic acids is 1. The first-order chi connectivity index (χ1) is 26.7. The molecule has 5 heterocycles. The predicted octanol–water partition coefficient (Wildman–Crippen LogP) is 6.72. The first-order valence-electron chi connectivity index (χ1n) is 20.9. The van der Waals surface area contributed by atoms with E-state index in [-0.39, 0.29) is 17.7 Å². The summed E-state index contributed by atoms with van der Waals surface area (Å²) in [6.07, 6.45) is 12.3. The van der Waals surface area contributed by atoms with E-state index in [1.165, 1.54) is 71.9 Å². The zero-order valence-electron chi connectivity index (χ0n) is 32.9. The smallest absolute Gasteiger partial charge is 0.335 e. The van der Waals surface area contributed by atoms with Gasteiger partial charge < -0.3 is 33.9 Å². The van der Waals surface area contributed by atoms with Gasteiger partial charge in [0.25, 0.3) is 5.91 Å². The number of carbonyl (C=O) groups is 3. The lowest BCUT2D eigenvalue weighted by Gasteiger charge is -2.33. The van der Waals surface area contributed by atoms with Crippen molar-refractivity contribution in [2.75, 3.05) is 46.1 Å². The van der Waals surface area contributed by atoms with Crippen molar-refractivity contribution in [1.29, 1.82) is 0 Å². The van der Waals surface area contributed by atoms with E-state index >= 15 is 0 Å². The van der Waals surface area contributed by atoms with Gasteiger partial charge in [-0.1, -0.05) is 0 Å². The highest BCUT2D eigenvalue weighted by molar-refractivity contribution is 6.00. The second-order valence-corrected chi connectivity index (χ2v) is 16.8. The minimum absolute atomic E-state index is 0.0492. The van der Waals surface area contributed by atoms with E-state index in [0.29, 0.717) is 37.0 Å². The molecule has 5 aliphatic rings. The fourth-order valence-electron chi connectivity index (χ4n) is 10.7. The fourth-order valence-corrected chi connectivity index (χ4v) is 10.7. The van der Waals surface area contributed by atoms with Crippen LogP contribution in [0, 0.1) is 29.6 Å². The quantitative estimate of drug-likeness (QED) is 0.226. The predicted molar refractivity (Wildman–Crippen MR) is 214 cm³/mol. The second-order valence-electron chi connectivity index (χ2n) is 16.8. The molecule has 3 fully saturated rings. The minimum atomic E-state index is -0.846. The van der Waals surface area contributed by atoms with Crippen LogP contribution >= 0.6 is 0 Å². The van der Waals surface area contributed by atoms with Gasteiger partial charge in [0, 0.05) is 98.9 Å². The van der Waals surface area contributed by atoms with Gasteiger partial charge in [0.05, 0.1) is 11.5 Å². The number of nitrogens with zero attached hydrogens (tertiary/aromatic N) is 3. The van der Waals surface area contributed by atoms with E-state index in [2.05, 4.69) is 40.7 Å². The Morgan fingerprint density at radius 2 is 1.22 bits per heavy atom. The SMILES string of the molecule is CCNC(=O)[C@H]1CCN(C(=O)c2ccc3c(c2)c2c(n3C)CC[C@@H](C3CCOCC3)C2)C1.Cn1c2c(c3cc(C(=O)O)ccc31)C[C@H](C1CCOCC1)CC2. The average molecular weight is 751 g/mol. The number of carbonyl (C=O) groups excluding carboxylic acids is 2. The topological polar surface area (TPSA) is 115 Å². The van der Waals surface area contributed by atoms with Crippen LogP contribution < -0.4 is 5.32 Å². The summed E-state index contributed by atoms with van der Waals surface area (Å²) in [6.45, 7) is 7.31. The van der Waals surface area contributed by atoms with Crippen molar-refractivity contribution >= 4 is 39.6 Å². The van der Waals surface area contributed by atoms with E-state index in [0.717, 1.165) is 86.8 Å². The van der Waals surface area contributed by atoms with Crippen LogP contribution in [0.4, 0.5) is 0 Å². The summed E-state index contributed by atoms with van der Waals surface area (Å²) in [5.41, 5.74) is 9.18. The number of fused-ring (bicyclic) bond motifs is 6. The molecule has 2 aromatic carbocycles. The third-order valence-electron chi connectivity index (χ3n) is 13.9. The molecular formula is C45H58N4O6.